The Morgan fingerprint density at radius 2 is 2.17 bits per heavy atom. The van der Waals surface area contributed by atoms with Crippen LogP contribution in [0.25, 0.3) is 10.9 Å². The fraction of sp³-hybridized carbons (Fsp3) is 0.235. The van der Waals surface area contributed by atoms with Crippen LogP contribution in [0.5, 0.6) is 0 Å². The molecule has 1 aromatic carbocycles. The summed E-state index contributed by atoms with van der Waals surface area (Å²) < 4.78 is 5.17. The second kappa shape index (κ2) is 6.27. The maximum absolute atomic E-state index is 9.33. The Labute approximate surface area is 138 Å². The molecule has 0 fully saturated rings. The van der Waals surface area contributed by atoms with Crippen molar-refractivity contribution in [3.05, 3.63) is 52.0 Å². The Balaban J connectivity index is 1.90. The van der Waals surface area contributed by atoms with Crippen LogP contribution >= 0.6 is 11.6 Å². The van der Waals surface area contributed by atoms with Gasteiger partial charge in [-0.05, 0) is 38.5 Å². The molecule has 1 N–H and O–H groups in total. The molecule has 0 aliphatic heterocycles. The average molecular weight is 327 g/mol. The minimum absolute atomic E-state index is 0.499. The van der Waals surface area contributed by atoms with Crippen molar-refractivity contribution in [2.45, 2.75) is 20.3 Å². The van der Waals surface area contributed by atoms with E-state index in [4.69, 9.17) is 16.1 Å². The number of pyridine rings is 1. The highest BCUT2D eigenvalue weighted by Gasteiger charge is 2.11. The van der Waals surface area contributed by atoms with Gasteiger partial charge in [0.1, 0.15) is 11.8 Å². The van der Waals surface area contributed by atoms with E-state index < -0.39 is 0 Å². The molecule has 0 aliphatic carbocycles. The highest BCUT2D eigenvalue weighted by Crippen LogP contribution is 2.28. The first-order valence-electron chi connectivity index (χ1n) is 7.24. The lowest BCUT2D eigenvalue weighted by molar-refractivity contribution is 0.392. The van der Waals surface area contributed by atoms with Crippen LogP contribution in [0, 0.1) is 25.2 Å². The van der Waals surface area contributed by atoms with Gasteiger partial charge in [0.2, 0.25) is 0 Å². The second-order valence-corrected chi connectivity index (χ2v) is 5.74. The van der Waals surface area contributed by atoms with Crippen molar-refractivity contribution in [1.82, 2.24) is 10.1 Å². The summed E-state index contributed by atoms with van der Waals surface area (Å²) in [4.78, 5) is 4.29. The Morgan fingerprint density at radius 1 is 1.35 bits per heavy atom. The van der Waals surface area contributed by atoms with E-state index in [1.165, 1.54) is 0 Å². The van der Waals surface area contributed by atoms with Crippen molar-refractivity contribution in [3.8, 4) is 6.07 Å². The lowest BCUT2D eigenvalue weighted by Gasteiger charge is -2.11. The van der Waals surface area contributed by atoms with E-state index in [9.17, 15) is 5.26 Å². The second-order valence-electron chi connectivity index (χ2n) is 5.30. The Bertz CT molecular complexity index is 891. The Kier molecular flexibility index (Phi) is 4.18. The van der Waals surface area contributed by atoms with Crippen LogP contribution in [0.1, 0.15) is 22.6 Å². The predicted molar refractivity (Wildman–Crippen MR) is 89.6 cm³/mol. The van der Waals surface area contributed by atoms with Crippen molar-refractivity contribution in [3.63, 3.8) is 0 Å². The quantitative estimate of drug-likeness (QED) is 0.783. The SMILES string of the molecule is Cc1noc(C)c1CCNc1c(C#N)cnc2ccc(Cl)cc12. The number of nitrogens with one attached hydrogen (secondary N) is 1. The van der Waals surface area contributed by atoms with Gasteiger partial charge in [0.05, 0.1) is 22.5 Å². The zero-order valence-corrected chi connectivity index (χ0v) is 13.6. The van der Waals surface area contributed by atoms with Crippen LogP contribution < -0.4 is 5.32 Å². The molecule has 5 nitrogen and oxygen atoms in total. The van der Waals surface area contributed by atoms with Crippen molar-refractivity contribution in [2.75, 3.05) is 11.9 Å². The van der Waals surface area contributed by atoms with Gasteiger partial charge in [-0.3, -0.25) is 4.98 Å². The number of hydrogen-bond acceptors (Lipinski definition) is 5. The van der Waals surface area contributed by atoms with E-state index >= 15 is 0 Å². The normalized spacial score (nSPS) is 10.7. The zero-order chi connectivity index (χ0) is 16.4. The van der Waals surface area contributed by atoms with Crippen molar-refractivity contribution < 1.29 is 4.52 Å². The molecular formula is C17H15ClN4O. The number of nitrogens with zero attached hydrogens (tertiary/aromatic N) is 3. The minimum Gasteiger partial charge on any atom is -0.383 e. The van der Waals surface area contributed by atoms with Gasteiger partial charge in [-0.25, -0.2) is 0 Å². The summed E-state index contributed by atoms with van der Waals surface area (Å²) in [6, 6.07) is 7.63. The first-order chi connectivity index (χ1) is 11.1. The Hall–Kier alpha value is -2.58. The molecule has 0 saturated heterocycles. The molecule has 2 aromatic heterocycles. The smallest absolute Gasteiger partial charge is 0.137 e. The molecule has 0 spiro atoms. The summed E-state index contributed by atoms with van der Waals surface area (Å²) in [5.41, 5.74) is 4.04. The van der Waals surface area contributed by atoms with Crippen LogP contribution in [-0.4, -0.2) is 16.7 Å². The van der Waals surface area contributed by atoms with Gasteiger partial charge in [0.25, 0.3) is 0 Å². The number of aryl methyl sites for hydroxylation is 2. The maximum Gasteiger partial charge on any atom is 0.137 e. The summed E-state index contributed by atoms with van der Waals surface area (Å²) in [7, 11) is 0. The number of hydrogen-bond donors (Lipinski definition) is 1. The fourth-order valence-electron chi connectivity index (χ4n) is 2.61. The molecule has 23 heavy (non-hydrogen) atoms. The van der Waals surface area contributed by atoms with Crippen LogP contribution in [0.3, 0.4) is 0 Å². The largest absolute Gasteiger partial charge is 0.383 e. The summed E-state index contributed by atoms with van der Waals surface area (Å²) in [6.45, 7) is 4.48. The number of aromatic nitrogens is 2. The summed E-state index contributed by atoms with van der Waals surface area (Å²) in [5, 5.41) is 18.1. The third-order valence-electron chi connectivity index (χ3n) is 3.81. The van der Waals surface area contributed by atoms with Crippen LogP contribution in [-0.2, 0) is 6.42 Å². The van der Waals surface area contributed by atoms with E-state index in [-0.39, 0.29) is 0 Å². The molecular weight excluding hydrogens is 312 g/mol. The van der Waals surface area contributed by atoms with E-state index in [1.807, 2.05) is 26.0 Å². The van der Waals surface area contributed by atoms with E-state index in [0.29, 0.717) is 17.1 Å². The minimum atomic E-state index is 0.499. The molecule has 0 unspecified atom stereocenters. The highest BCUT2D eigenvalue weighted by molar-refractivity contribution is 6.31. The third-order valence-corrected chi connectivity index (χ3v) is 4.04. The fourth-order valence-corrected chi connectivity index (χ4v) is 2.78. The molecule has 0 saturated carbocycles. The number of halogens is 1. The number of rotatable bonds is 4. The van der Waals surface area contributed by atoms with Gasteiger partial charge in [0.15, 0.2) is 0 Å². The lowest BCUT2D eigenvalue weighted by atomic mass is 10.1. The topological polar surface area (TPSA) is 74.7 Å². The zero-order valence-electron chi connectivity index (χ0n) is 12.9. The molecule has 3 aromatic rings. The molecule has 3 rings (SSSR count). The predicted octanol–water partition coefficient (Wildman–Crippen LogP) is 4.02. The molecule has 0 aliphatic rings. The number of benzene rings is 1. The van der Waals surface area contributed by atoms with Gasteiger partial charge in [-0.15, -0.1) is 0 Å². The summed E-state index contributed by atoms with van der Waals surface area (Å²) >= 11 is 6.08. The molecule has 2 heterocycles. The summed E-state index contributed by atoms with van der Waals surface area (Å²) in [5.74, 6) is 0.826. The van der Waals surface area contributed by atoms with Crippen molar-refractivity contribution in [2.24, 2.45) is 0 Å². The number of nitriles is 1. The molecule has 0 amide bonds. The molecule has 0 radical (unpaired) electrons. The first kappa shape index (κ1) is 15.3. The van der Waals surface area contributed by atoms with E-state index in [0.717, 1.165) is 40.0 Å². The highest BCUT2D eigenvalue weighted by atomic mass is 35.5. The van der Waals surface area contributed by atoms with Gasteiger partial charge in [0, 0.05) is 28.7 Å². The standard InChI is InChI=1S/C17H15ClN4O/c1-10-14(11(2)23-22-10)5-6-20-17-12(8-19)9-21-16-4-3-13(18)7-15(16)17/h3-4,7,9H,5-6H2,1-2H3,(H,20,21). The van der Waals surface area contributed by atoms with Gasteiger partial charge in [-0.1, -0.05) is 16.8 Å². The van der Waals surface area contributed by atoms with Crippen LogP contribution in [0.4, 0.5) is 5.69 Å². The summed E-state index contributed by atoms with van der Waals surface area (Å²) in [6.07, 6.45) is 2.34. The van der Waals surface area contributed by atoms with Gasteiger partial charge < -0.3 is 9.84 Å². The molecule has 0 bridgehead atoms. The van der Waals surface area contributed by atoms with Gasteiger partial charge in [-0.2, -0.15) is 5.26 Å². The number of fused-ring (bicyclic) bond motifs is 1. The lowest BCUT2D eigenvalue weighted by Crippen LogP contribution is -2.08. The monoisotopic (exact) mass is 326 g/mol. The van der Waals surface area contributed by atoms with E-state index in [2.05, 4.69) is 21.5 Å². The molecule has 116 valence electrons. The van der Waals surface area contributed by atoms with Crippen LogP contribution in [0.2, 0.25) is 5.02 Å². The van der Waals surface area contributed by atoms with Crippen LogP contribution in [0.15, 0.2) is 28.9 Å². The first-order valence-corrected chi connectivity index (χ1v) is 7.62. The number of anilines is 1. The van der Waals surface area contributed by atoms with Crippen molar-refractivity contribution >= 4 is 28.2 Å². The third kappa shape index (κ3) is 2.99. The van der Waals surface area contributed by atoms with Gasteiger partial charge >= 0.3 is 0 Å². The Morgan fingerprint density at radius 3 is 2.87 bits per heavy atom. The molecule has 0 atom stereocenters. The van der Waals surface area contributed by atoms with E-state index in [1.54, 1.807) is 12.3 Å². The molecule has 6 heteroatoms. The average Bonchev–Trinajstić information content (AvgIpc) is 2.86. The van der Waals surface area contributed by atoms with Crippen molar-refractivity contribution in [1.29, 1.82) is 5.26 Å². The maximum atomic E-state index is 9.33.